The number of hydrogen-bond acceptors (Lipinski definition) is 2. The van der Waals surface area contributed by atoms with Gasteiger partial charge in [-0.05, 0) is 79.7 Å². The van der Waals surface area contributed by atoms with Gasteiger partial charge in [-0.15, -0.1) is 0 Å². The maximum absolute atomic E-state index is 3.71. The number of nitrogens with one attached hydrogen (secondary N) is 1. The fourth-order valence-electron chi connectivity index (χ4n) is 4.98. The first-order chi connectivity index (χ1) is 16.2. The highest BCUT2D eigenvalue weighted by molar-refractivity contribution is 5.67. The van der Waals surface area contributed by atoms with E-state index in [0.29, 0.717) is 6.04 Å². The molecule has 3 aliphatic rings. The molecular weight excluding hydrogens is 400 g/mol. The Morgan fingerprint density at radius 2 is 1.70 bits per heavy atom. The van der Waals surface area contributed by atoms with Crippen LogP contribution in [0.5, 0.6) is 0 Å². The Bertz CT molecular complexity index is 1190. The number of fused-ring (bicyclic) bond motifs is 1. The summed E-state index contributed by atoms with van der Waals surface area (Å²) in [4.78, 5) is 2.60. The van der Waals surface area contributed by atoms with Crippen LogP contribution in [0.4, 0.5) is 5.69 Å². The standard InChI is InChI=1S/C31H32N2/c1-23-15-20-31-29(22-23)24(2)30(14-9-21-33(31)28-12-7-4-8-13-28)32-27-18-16-26(17-19-27)25-10-5-3-6-11-25/h3-7,9-12,14-19,22,31-32H,8,13,20-21H2,1-2H3/b14-9-,30-24-. The molecule has 0 spiro atoms. The Morgan fingerprint density at radius 1 is 0.909 bits per heavy atom. The number of rotatable bonds is 4. The number of hydrogen-bond donors (Lipinski definition) is 1. The predicted octanol–water partition coefficient (Wildman–Crippen LogP) is 7.79. The van der Waals surface area contributed by atoms with Crippen molar-refractivity contribution >= 4 is 5.69 Å². The molecule has 1 aliphatic heterocycles. The van der Waals surface area contributed by atoms with E-state index in [-0.39, 0.29) is 0 Å². The minimum absolute atomic E-state index is 0.383. The van der Waals surface area contributed by atoms with E-state index in [9.17, 15) is 0 Å². The normalized spacial score (nSPS) is 23.5. The summed E-state index contributed by atoms with van der Waals surface area (Å²) >= 11 is 0. The molecule has 1 unspecified atom stereocenters. The van der Waals surface area contributed by atoms with E-state index < -0.39 is 0 Å². The van der Waals surface area contributed by atoms with E-state index in [0.717, 1.165) is 31.5 Å². The Balaban J connectivity index is 1.44. The van der Waals surface area contributed by atoms with Gasteiger partial charge in [-0.3, -0.25) is 0 Å². The molecule has 0 amide bonds. The molecule has 0 radical (unpaired) electrons. The van der Waals surface area contributed by atoms with Crippen LogP contribution in [0.25, 0.3) is 11.1 Å². The fraction of sp³-hybridized carbons (Fsp3) is 0.226. The minimum atomic E-state index is 0.383. The van der Waals surface area contributed by atoms with Crippen molar-refractivity contribution in [3.8, 4) is 11.1 Å². The lowest BCUT2D eigenvalue weighted by Crippen LogP contribution is -2.38. The molecule has 2 aromatic rings. The first kappa shape index (κ1) is 21.3. The molecule has 5 rings (SSSR count). The molecule has 0 saturated heterocycles. The molecule has 0 bridgehead atoms. The molecule has 33 heavy (non-hydrogen) atoms. The van der Waals surface area contributed by atoms with Gasteiger partial charge in [0, 0.05) is 23.6 Å². The van der Waals surface area contributed by atoms with Gasteiger partial charge in [0.05, 0.1) is 6.04 Å². The molecule has 0 fully saturated rings. The third kappa shape index (κ3) is 4.66. The topological polar surface area (TPSA) is 15.3 Å². The van der Waals surface area contributed by atoms with Crippen molar-refractivity contribution in [1.82, 2.24) is 4.90 Å². The van der Waals surface area contributed by atoms with Gasteiger partial charge in [-0.1, -0.05) is 78.4 Å². The van der Waals surface area contributed by atoms with Crippen molar-refractivity contribution in [2.24, 2.45) is 0 Å². The zero-order valence-corrected chi connectivity index (χ0v) is 19.6. The van der Waals surface area contributed by atoms with Crippen molar-refractivity contribution in [2.75, 3.05) is 11.9 Å². The second-order valence-corrected chi connectivity index (χ2v) is 9.09. The van der Waals surface area contributed by atoms with Gasteiger partial charge < -0.3 is 10.2 Å². The highest BCUT2D eigenvalue weighted by atomic mass is 15.2. The van der Waals surface area contributed by atoms with Gasteiger partial charge in [0.2, 0.25) is 0 Å². The summed E-state index contributed by atoms with van der Waals surface area (Å²) < 4.78 is 0. The van der Waals surface area contributed by atoms with Crippen LogP contribution < -0.4 is 5.32 Å². The van der Waals surface area contributed by atoms with Gasteiger partial charge in [0.1, 0.15) is 0 Å². The zero-order valence-electron chi connectivity index (χ0n) is 19.6. The van der Waals surface area contributed by atoms with Crippen molar-refractivity contribution in [3.05, 3.63) is 125 Å². The smallest absolute Gasteiger partial charge is 0.0581 e. The fourth-order valence-corrected chi connectivity index (χ4v) is 4.98. The molecule has 1 N–H and O–H groups in total. The van der Waals surface area contributed by atoms with Crippen molar-refractivity contribution < 1.29 is 0 Å². The molecule has 1 heterocycles. The Labute approximate surface area is 198 Å². The van der Waals surface area contributed by atoms with E-state index in [1.54, 1.807) is 0 Å². The Hall–Kier alpha value is -3.52. The van der Waals surface area contributed by atoms with Crippen molar-refractivity contribution in [3.63, 3.8) is 0 Å². The van der Waals surface area contributed by atoms with E-state index in [1.165, 1.54) is 39.2 Å². The maximum atomic E-state index is 3.71. The number of benzene rings is 2. The number of anilines is 1. The summed E-state index contributed by atoms with van der Waals surface area (Å²) in [7, 11) is 0. The van der Waals surface area contributed by atoms with Crippen LogP contribution in [0.15, 0.2) is 125 Å². The maximum Gasteiger partial charge on any atom is 0.0581 e. The van der Waals surface area contributed by atoms with Crippen LogP contribution in [0, 0.1) is 0 Å². The molecule has 1 atom stereocenters. The van der Waals surface area contributed by atoms with Gasteiger partial charge in [0.15, 0.2) is 0 Å². The van der Waals surface area contributed by atoms with Gasteiger partial charge in [-0.2, -0.15) is 0 Å². The molecule has 2 nitrogen and oxygen atoms in total. The van der Waals surface area contributed by atoms with Crippen molar-refractivity contribution in [1.29, 1.82) is 0 Å². The molecule has 166 valence electrons. The summed E-state index contributed by atoms with van der Waals surface area (Å²) in [5.41, 5.74) is 10.3. The van der Waals surface area contributed by atoms with Crippen LogP contribution in [-0.2, 0) is 0 Å². The van der Waals surface area contributed by atoms with Crippen LogP contribution >= 0.6 is 0 Å². The zero-order chi connectivity index (χ0) is 22.6. The second kappa shape index (κ2) is 9.54. The molecular formula is C31H32N2. The first-order valence-corrected chi connectivity index (χ1v) is 12.0. The van der Waals surface area contributed by atoms with E-state index in [2.05, 4.69) is 121 Å². The van der Waals surface area contributed by atoms with Gasteiger partial charge in [0.25, 0.3) is 0 Å². The summed E-state index contributed by atoms with van der Waals surface area (Å²) in [6.07, 6.45) is 19.4. The summed E-state index contributed by atoms with van der Waals surface area (Å²) in [5, 5.41) is 3.71. The van der Waals surface area contributed by atoms with Crippen LogP contribution in [0.2, 0.25) is 0 Å². The van der Waals surface area contributed by atoms with Crippen LogP contribution in [-0.4, -0.2) is 17.5 Å². The van der Waals surface area contributed by atoms with E-state index >= 15 is 0 Å². The average Bonchev–Trinajstić information content (AvgIpc) is 2.86. The van der Waals surface area contributed by atoms with E-state index in [4.69, 9.17) is 0 Å². The molecule has 2 aliphatic carbocycles. The highest BCUT2D eigenvalue weighted by Crippen LogP contribution is 2.35. The Kier molecular flexibility index (Phi) is 6.17. The third-order valence-corrected chi connectivity index (χ3v) is 6.84. The lowest BCUT2D eigenvalue weighted by Gasteiger charge is -2.39. The van der Waals surface area contributed by atoms with Gasteiger partial charge in [-0.25, -0.2) is 0 Å². The third-order valence-electron chi connectivity index (χ3n) is 6.84. The second-order valence-electron chi connectivity index (χ2n) is 9.09. The van der Waals surface area contributed by atoms with Crippen molar-refractivity contribution in [2.45, 2.75) is 39.2 Å². The summed E-state index contributed by atoms with van der Waals surface area (Å²) in [6, 6.07) is 19.7. The first-order valence-electron chi connectivity index (χ1n) is 12.0. The largest absolute Gasteiger partial charge is 0.364 e. The van der Waals surface area contributed by atoms with Crippen LogP contribution in [0.1, 0.15) is 33.1 Å². The SMILES string of the molecule is CC1=CCC2C(=C1)/C(C)=C(Nc1ccc(-c3ccccc3)cc1)/C=C\CN2C1=CC=CCC1. The summed E-state index contributed by atoms with van der Waals surface area (Å²) in [6.45, 7) is 5.41. The van der Waals surface area contributed by atoms with E-state index in [1.807, 2.05) is 0 Å². The Morgan fingerprint density at radius 3 is 2.45 bits per heavy atom. The van der Waals surface area contributed by atoms with Gasteiger partial charge >= 0.3 is 0 Å². The lowest BCUT2D eigenvalue weighted by atomic mass is 9.86. The summed E-state index contributed by atoms with van der Waals surface area (Å²) in [5.74, 6) is 0. The highest BCUT2D eigenvalue weighted by Gasteiger charge is 2.28. The molecule has 0 saturated carbocycles. The number of allylic oxidation sites excluding steroid dienone is 7. The number of nitrogens with zero attached hydrogens (tertiary/aromatic N) is 1. The lowest BCUT2D eigenvalue weighted by molar-refractivity contribution is 0.298. The quantitative estimate of drug-likeness (QED) is 0.530. The minimum Gasteiger partial charge on any atom is -0.364 e. The monoisotopic (exact) mass is 432 g/mol. The van der Waals surface area contributed by atoms with Crippen LogP contribution in [0.3, 0.4) is 0 Å². The molecule has 0 aromatic heterocycles. The predicted molar refractivity (Wildman–Crippen MR) is 141 cm³/mol. The molecule has 2 heteroatoms. The molecule has 2 aromatic carbocycles. The average molecular weight is 433 g/mol.